The normalized spacial score (nSPS) is 13.7. The van der Waals surface area contributed by atoms with Crippen LogP contribution in [0.1, 0.15) is 39.2 Å². The van der Waals surface area contributed by atoms with Crippen LogP contribution in [0.25, 0.3) is 0 Å². The molecule has 0 saturated heterocycles. The number of sulfonamides is 1. The third kappa shape index (κ3) is 5.30. The van der Waals surface area contributed by atoms with Crippen LogP contribution in [-0.4, -0.2) is 14.5 Å². The minimum absolute atomic E-state index is 0.0612. The second-order valence-corrected chi connectivity index (χ2v) is 7.06. The Hall–Kier alpha value is -0.910. The molecule has 0 aliphatic heterocycles. The van der Waals surface area contributed by atoms with Gasteiger partial charge in [-0.3, -0.25) is 0 Å². The van der Waals surface area contributed by atoms with Gasteiger partial charge in [-0.15, -0.1) is 0 Å². The molecule has 0 spiro atoms. The fraction of sp³-hybridized carbons (Fsp3) is 0.571. The predicted molar refractivity (Wildman–Crippen MR) is 78.2 cm³/mol. The number of rotatable bonds is 7. The zero-order valence-electron chi connectivity index (χ0n) is 11.9. The zero-order valence-corrected chi connectivity index (χ0v) is 12.7. The Balaban J connectivity index is 2.74. The summed E-state index contributed by atoms with van der Waals surface area (Å²) in [6.45, 7) is 6.50. The van der Waals surface area contributed by atoms with Gasteiger partial charge in [0.2, 0.25) is 10.0 Å². The molecule has 1 unspecified atom stereocenters. The van der Waals surface area contributed by atoms with Crippen LogP contribution >= 0.6 is 0 Å². The summed E-state index contributed by atoms with van der Waals surface area (Å²) in [5, 5.41) is 0. The lowest BCUT2D eigenvalue weighted by atomic mass is 10.1. The van der Waals surface area contributed by atoms with Crippen molar-refractivity contribution < 1.29 is 8.42 Å². The lowest BCUT2D eigenvalue weighted by Crippen LogP contribution is -2.32. The Labute approximate surface area is 116 Å². The monoisotopic (exact) mass is 284 g/mol. The Kier molecular flexibility index (Phi) is 5.97. The fourth-order valence-electron chi connectivity index (χ4n) is 1.81. The SMILES string of the molecule is CC(C)CCC(C)NS(=O)(=O)c1cccc(CN)c1. The topological polar surface area (TPSA) is 72.2 Å². The third-order valence-corrected chi connectivity index (χ3v) is 4.57. The fourth-order valence-corrected chi connectivity index (χ4v) is 3.16. The first-order valence-corrected chi connectivity index (χ1v) is 8.15. The van der Waals surface area contributed by atoms with Gasteiger partial charge >= 0.3 is 0 Å². The van der Waals surface area contributed by atoms with Crippen molar-refractivity contribution in [2.45, 2.75) is 51.1 Å². The molecule has 1 aromatic carbocycles. The van der Waals surface area contributed by atoms with E-state index in [1.54, 1.807) is 18.2 Å². The smallest absolute Gasteiger partial charge is 0.240 e. The third-order valence-electron chi connectivity index (χ3n) is 2.98. The van der Waals surface area contributed by atoms with Crippen molar-refractivity contribution in [3.05, 3.63) is 29.8 Å². The van der Waals surface area contributed by atoms with Crippen molar-refractivity contribution in [1.29, 1.82) is 0 Å². The van der Waals surface area contributed by atoms with Crippen molar-refractivity contribution in [2.75, 3.05) is 0 Å². The van der Waals surface area contributed by atoms with Crippen molar-refractivity contribution in [2.24, 2.45) is 11.7 Å². The lowest BCUT2D eigenvalue weighted by Gasteiger charge is -2.15. The van der Waals surface area contributed by atoms with Gasteiger partial charge < -0.3 is 5.73 Å². The van der Waals surface area contributed by atoms with Crippen LogP contribution in [0.3, 0.4) is 0 Å². The number of hydrogen-bond acceptors (Lipinski definition) is 3. The second kappa shape index (κ2) is 7.03. The minimum atomic E-state index is -3.45. The van der Waals surface area contributed by atoms with Crippen LogP contribution in [0.4, 0.5) is 0 Å². The highest BCUT2D eigenvalue weighted by atomic mass is 32.2. The molecule has 3 N–H and O–H groups in total. The Morgan fingerprint density at radius 1 is 1.21 bits per heavy atom. The molecule has 19 heavy (non-hydrogen) atoms. The van der Waals surface area contributed by atoms with Gasteiger partial charge in [-0.2, -0.15) is 0 Å². The maximum atomic E-state index is 12.2. The summed E-state index contributed by atoms with van der Waals surface area (Å²) in [5.41, 5.74) is 6.35. The number of hydrogen-bond donors (Lipinski definition) is 2. The molecule has 1 atom stereocenters. The van der Waals surface area contributed by atoms with Gasteiger partial charge in [-0.05, 0) is 43.4 Å². The van der Waals surface area contributed by atoms with E-state index < -0.39 is 10.0 Å². The maximum absolute atomic E-state index is 12.2. The highest BCUT2D eigenvalue weighted by molar-refractivity contribution is 7.89. The summed E-state index contributed by atoms with van der Waals surface area (Å²) in [7, 11) is -3.45. The molecular formula is C14H24N2O2S. The zero-order chi connectivity index (χ0) is 14.5. The van der Waals surface area contributed by atoms with E-state index in [1.165, 1.54) is 0 Å². The van der Waals surface area contributed by atoms with Gasteiger partial charge in [0.05, 0.1) is 4.90 Å². The van der Waals surface area contributed by atoms with Gasteiger partial charge in [0.1, 0.15) is 0 Å². The van der Waals surface area contributed by atoms with E-state index in [0.29, 0.717) is 12.5 Å². The Morgan fingerprint density at radius 2 is 1.89 bits per heavy atom. The van der Waals surface area contributed by atoms with E-state index in [1.807, 2.05) is 13.0 Å². The summed E-state index contributed by atoms with van der Waals surface area (Å²) < 4.78 is 27.1. The standard InChI is InChI=1S/C14H24N2O2S/c1-11(2)7-8-12(3)16-19(17,18)14-6-4-5-13(9-14)10-15/h4-6,9,11-12,16H,7-8,10,15H2,1-3H3. The molecule has 1 rings (SSSR count). The largest absolute Gasteiger partial charge is 0.326 e. The molecule has 0 radical (unpaired) electrons. The van der Waals surface area contributed by atoms with Gasteiger partial charge in [-0.1, -0.05) is 26.0 Å². The molecule has 0 amide bonds. The van der Waals surface area contributed by atoms with E-state index in [2.05, 4.69) is 18.6 Å². The van der Waals surface area contributed by atoms with Crippen molar-refractivity contribution >= 4 is 10.0 Å². The van der Waals surface area contributed by atoms with Crippen LogP contribution in [0.5, 0.6) is 0 Å². The number of nitrogens with two attached hydrogens (primary N) is 1. The van der Waals surface area contributed by atoms with Crippen molar-refractivity contribution in [1.82, 2.24) is 4.72 Å². The predicted octanol–water partition coefficient (Wildman–Crippen LogP) is 2.25. The molecule has 108 valence electrons. The maximum Gasteiger partial charge on any atom is 0.240 e. The van der Waals surface area contributed by atoms with E-state index in [9.17, 15) is 8.42 Å². The summed E-state index contributed by atoms with van der Waals surface area (Å²) in [6.07, 6.45) is 1.85. The molecule has 5 heteroatoms. The van der Waals surface area contributed by atoms with E-state index in [4.69, 9.17) is 5.73 Å². The van der Waals surface area contributed by atoms with E-state index in [-0.39, 0.29) is 10.9 Å². The molecule has 4 nitrogen and oxygen atoms in total. The highest BCUT2D eigenvalue weighted by Crippen LogP contribution is 2.13. The van der Waals surface area contributed by atoms with Crippen LogP contribution in [-0.2, 0) is 16.6 Å². The molecule has 0 saturated carbocycles. The lowest BCUT2D eigenvalue weighted by molar-refractivity contribution is 0.485. The van der Waals surface area contributed by atoms with Gasteiger partial charge in [-0.25, -0.2) is 13.1 Å². The number of benzene rings is 1. The van der Waals surface area contributed by atoms with Gasteiger partial charge in [0.25, 0.3) is 0 Å². The molecule has 0 aromatic heterocycles. The summed E-state index contributed by atoms with van der Waals surface area (Å²) in [5.74, 6) is 0.576. The van der Waals surface area contributed by atoms with Crippen LogP contribution in [0, 0.1) is 5.92 Å². The first-order valence-electron chi connectivity index (χ1n) is 6.66. The molecule has 1 aromatic rings. The van der Waals surface area contributed by atoms with Crippen molar-refractivity contribution in [3.8, 4) is 0 Å². The Bertz CT molecular complexity index is 498. The highest BCUT2D eigenvalue weighted by Gasteiger charge is 2.17. The van der Waals surface area contributed by atoms with Crippen LogP contribution in [0.2, 0.25) is 0 Å². The summed E-state index contributed by atoms with van der Waals surface area (Å²) in [4.78, 5) is 0.284. The van der Waals surface area contributed by atoms with Crippen molar-refractivity contribution in [3.63, 3.8) is 0 Å². The van der Waals surface area contributed by atoms with E-state index in [0.717, 1.165) is 18.4 Å². The van der Waals surface area contributed by atoms with E-state index >= 15 is 0 Å². The second-order valence-electron chi connectivity index (χ2n) is 5.35. The first kappa shape index (κ1) is 16.1. The summed E-state index contributed by atoms with van der Waals surface area (Å²) >= 11 is 0. The van der Waals surface area contributed by atoms with Crippen LogP contribution < -0.4 is 10.5 Å². The summed E-state index contributed by atoms with van der Waals surface area (Å²) in [6, 6.07) is 6.69. The molecule has 0 aliphatic carbocycles. The van der Waals surface area contributed by atoms with Crippen LogP contribution in [0.15, 0.2) is 29.2 Å². The van der Waals surface area contributed by atoms with Gasteiger partial charge in [0.15, 0.2) is 0 Å². The Morgan fingerprint density at radius 3 is 2.47 bits per heavy atom. The quantitative estimate of drug-likeness (QED) is 0.806. The molecule has 0 bridgehead atoms. The average Bonchev–Trinajstić information content (AvgIpc) is 2.36. The average molecular weight is 284 g/mol. The molecular weight excluding hydrogens is 260 g/mol. The molecule has 0 aliphatic rings. The van der Waals surface area contributed by atoms with Gasteiger partial charge in [0, 0.05) is 12.6 Å². The number of nitrogens with one attached hydrogen (secondary N) is 1. The molecule has 0 heterocycles. The molecule has 0 fully saturated rings. The minimum Gasteiger partial charge on any atom is -0.326 e. The first-order chi connectivity index (χ1) is 8.85.